The highest BCUT2D eigenvalue weighted by atomic mass is 35.5. The van der Waals surface area contributed by atoms with Crippen molar-refractivity contribution in [3.8, 4) is 5.75 Å². The highest BCUT2D eigenvalue weighted by Gasteiger charge is 2.36. The van der Waals surface area contributed by atoms with Crippen LogP contribution in [0, 0.1) is 0 Å². The van der Waals surface area contributed by atoms with Crippen LogP contribution >= 0.6 is 12.4 Å². The molecular formula is C15H23ClN2O3S. The van der Waals surface area contributed by atoms with Gasteiger partial charge in [-0.25, -0.2) is 12.7 Å². The molecule has 0 amide bonds. The predicted octanol–water partition coefficient (Wildman–Crippen LogP) is 1.77. The molecule has 22 heavy (non-hydrogen) atoms. The summed E-state index contributed by atoms with van der Waals surface area (Å²) < 4.78 is 25.0. The second kappa shape index (κ2) is 6.35. The van der Waals surface area contributed by atoms with E-state index in [1.165, 1.54) is 21.7 Å². The maximum Gasteiger partial charge on any atom is 0.211 e. The first-order chi connectivity index (χ1) is 9.86. The van der Waals surface area contributed by atoms with Crippen molar-refractivity contribution in [1.29, 1.82) is 0 Å². The molecule has 2 aliphatic heterocycles. The molecule has 3 rings (SSSR count). The fraction of sp³-hybridized carbons (Fsp3) is 0.600. The van der Waals surface area contributed by atoms with Crippen LogP contribution in [0.2, 0.25) is 0 Å². The quantitative estimate of drug-likeness (QED) is 0.886. The van der Waals surface area contributed by atoms with Gasteiger partial charge in [0.15, 0.2) is 0 Å². The van der Waals surface area contributed by atoms with Gasteiger partial charge in [0.05, 0.1) is 6.26 Å². The van der Waals surface area contributed by atoms with Crippen LogP contribution in [0.25, 0.3) is 0 Å². The molecular weight excluding hydrogens is 324 g/mol. The van der Waals surface area contributed by atoms with Gasteiger partial charge in [0, 0.05) is 32.2 Å². The molecule has 2 heterocycles. The molecule has 2 atom stereocenters. The Morgan fingerprint density at radius 2 is 2.05 bits per heavy atom. The van der Waals surface area contributed by atoms with E-state index in [1.54, 1.807) is 13.1 Å². The molecule has 1 fully saturated rings. The van der Waals surface area contributed by atoms with Gasteiger partial charge in [-0.2, -0.15) is 0 Å². The summed E-state index contributed by atoms with van der Waals surface area (Å²) in [5, 5.41) is 9.63. The maximum absolute atomic E-state index is 11.8. The summed E-state index contributed by atoms with van der Waals surface area (Å²) in [6.45, 7) is 1.91. The Balaban J connectivity index is 0.00000176. The minimum absolute atomic E-state index is 0. The second-order valence-corrected chi connectivity index (χ2v) is 8.18. The molecule has 0 aromatic heterocycles. The van der Waals surface area contributed by atoms with Crippen molar-refractivity contribution in [2.24, 2.45) is 0 Å². The van der Waals surface area contributed by atoms with Gasteiger partial charge in [-0.05, 0) is 42.5 Å². The molecule has 1 aromatic carbocycles. The first-order valence-electron chi connectivity index (χ1n) is 7.35. The average Bonchev–Trinajstić information content (AvgIpc) is 2.44. The summed E-state index contributed by atoms with van der Waals surface area (Å²) in [4.78, 5) is 2.44. The molecule has 1 saturated heterocycles. The number of sulfonamides is 1. The lowest BCUT2D eigenvalue weighted by Gasteiger charge is -2.45. The number of nitrogens with zero attached hydrogens (tertiary/aromatic N) is 2. The zero-order chi connectivity index (χ0) is 15.2. The number of phenols is 1. The van der Waals surface area contributed by atoms with Crippen molar-refractivity contribution in [2.45, 2.75) is 31.3 Å². The number of fused-ring (bicyclic) bond motifs is 3. The van der Waals surface area contributed by atoms with Gasteiger partial charge < -0.3 is 5.11 Å². The van der Waals surface area contributed by atoms with Crippen molar-refractivity contribution in [1.82, 2.24) is 9.21 Å². The van der Waals surface area contributed by atoms with Gasteiger partial charge in [-0.15, -0.1) is 12.4 Å². The summed E-state index contributed by atoms with van der Waals surface area (Å²) >= 11 is 0. The van der Waals surface area contributed by atoms with E-state index in [2.05, 4.69) is 4.90 Å². The van der Waals surface area contributed by atoms with E-state index in [0.29, 0.717) is 5.75 Å². The Morgan fingerprint density at radius 3 is 2.73 bits per heavy atom. The molecule has 124 valence electrons. The van der Waals surface area contributed by atoms with Crippen molar-refractivity contribution in [3.05, 3.63) is 29.3 Å². The van der Waals surface area contributed by atoms with Crippen molar-refractivity contribution < 1.29 is 13.5 Å². The highest BCUT2D eigenvalue weighted by molar-refractivity contribution is 7.88. The van der Waals surface area contributed by atoms with E-state index in [1.807, 2.05) is 12.1 Å². The van der Waals surface area contributed by atoms with Crippen LogP contribution < -0.4 is 0 Å². The third-order valence-electron chi connectivity index (χ3n) is 4.88. The van der Waals surface area contributed by atoms with Crippen LogP contribution in [0.3, 0.4) is 0 Å². The summed E-state index contributed by atoms with van der Waals surface area (Å²) in [6, 6.07) is 5.88. The maximum atomic E-state index is 11.8. The SMILES string of the molecule is CN(C1CCN2CCc3cc(O)ccc3C2C1)S(C)(=O)=O.Cl. The lowest BCUT2D eigenvalue weighted by molar-refractivity contribution is 0.0971. The molecule has 0 saturated carbocycles. The molecule has 1 N–H and O–H groups in total. The van der Waals surface area contributed by atoms with Crippen LogP contribution in [-0.2, 0) is 16.4 Å². The predicted molar refractivity (Wildman–Crippen MR) is 89.0 cm³/mol. The van der Waals surface area contributed by atoms with Gasteiger partial charge in [-0.3, -0.25) is 4.90 Å². The number of rotatable bonds is 2. The van der Waals surface area contributed by atoms with Crippen LogP contribution in [0.5, 0.6) is 5.75 Å². The topological polar surface area (TPSA) is 60.9 Å². The first-order valence-corrected chi connectivity index (χ1v) is 9.20. The Labute approximate surface area is 138 Å². The summed E-state index contributed by atoms with van der Waals surface area (Å²) in [5.74, 6) is 0.308. The lowest BCUT2D eigenvalue weighted by atomic mass is 9.85. The molecule has 2 aliphatic rings. The number of piperidine rings is 1. The molecule has 0 bridgehead atoms. The standard InChI is InChI=1S/C15H22N2O3S.ClH/c1-16(21(2,19)20)12-6-8-17-7-5-11-9-13(18)3-4-14(11)15(17)10-12;/h3-4,9,12,15,18H,5-8,10H2,1-2H3;1H. The van der Waals surface area contributed by atoms with Gasteiger partial charge in [0.25, 0.3) is 0 Å². The average molecular weight is 347 g/mol. The Hall–Kier alpha value is -0.820. The molecule has 5 nitrogen and oxygen atoms in total. The van der Waals surface area contributed by atoms with Gasteiger partial charge in [0.2, 0.25) is 10.0 Å². The summed E-state index contributed by atoms with van der Waals surface area (Å²) in [7, 11) is -1.47. The van der Waals surface area contributed by atoms with Crippen LogP contribution in [0.4, 0.5) is 0 Å². The summed E-state index contributed by atoms with van der Waals surface area (Å²) in [5.41, 5.74) is 2.43. The minimum atomic E-state index is -3.15. The first kappa shape index (κ1) is 17.5. The van der Waals surface area contributed by atoms with E-state index < -0.39 is 10.0 Å². The Kier molecular flexibility index (Phi) is 5.06. The summed E-state index contributed by atoms with van der Waals surface area (Å²) in [6.07, 6.45) is 3.92. The molecule has 2 unspecified atom stereocenters. The van der Waals surface area contributed by atoms with Crippen LogP contribution in [0.15, 0.2) is 18.2 Å². The number of halogens is 1. The lowest BCUT2D eigenvalue weighted by Crippen LogP contribution is -2.48. The van der Waals surface area contributed by atoms with E-state index in [-0.39, 0.29) is 24.5 Å². The monoisotopic (exact) mass is 346 g/mol. The smallest absolute Gasteiger partial charge is 0.211 e. The molecule has 0 aliphatic carbocycles. The molecule has 0 spiro atoms. The zero-order valence-corrected chi connectivity index (χ0v) is 14.5. The number of hydrogen-bond donors (Lipinski definition) is 1. The largest absolute Gasteiger partial charge is 0.508 e. The van der Waals surface area contributed by atoms with E-state index >= 15 is 0 Å². The number of phenolic OH excluding ortho intramolecular Hbond substituents is 1. The van der Waals surface area contributed by atoms with Gasteiger partial charge in [-0.1, -0.05) is 6.07 Å². The highest BCUT2D eigenvalue weighted by Crippen LogP contribution is 2.39. The van der Waals surface area contributed by atoms with Gasteiger partial charge in [0.1, 0.15) is 5.75 Å². The molecule has 1 aromatic rings. The molecule has 7 heteroatoms. The third kappa shape index (κ3) is 3.25. The van der Waals surface area contributed by atoms with E-state index in [4.69, 9.17) is 0 Å². The molecule has 0 radical (unpaired) electrons. The second-order valence-electron chi connectivity index (χ2n) is 6.14. The Morgan fingerprint density at radius 1 is 1.32 bits per heavy atom. The van der Waals surface area contributed by atoms with Gasteiger partial charge >= 0.3 is 0 Å². The number of hydrogen-bond acceptors (Lipinski definition) is 4. The van der Waals surface area contributed by atoms with Crippen molar-refractivity contribution in [2.75, 3.05) is 26.4 Å². The van der Waals surface area contributed by atoms with E-state index in [9.17, 15) is 13.5 Å². The number of aromatic hydroxyl groups is 1. The number of benzene rings is 1. The van der Waals surface area contributed by atoms with Crippen molar-refractivity contribution >= 4 is 22.4 Å². The van der Waals surface area contributed by atoms with Crippen LogP contribution in [0.1, 0.15) is 30.0 Å². The zero-order valence-electron chi connectivity index (χ0n) is 12.9. The Bertz CT molecular complexity index is 650. The third-order valence-corrected chi connectivity index (χ3v) is 6.22. The minimum Gasteiger partial charge on any atom is -0.508 e. The van der Waals surface area contributed by atoms with Crippen LogP contribution in [-0.4, -0.2) is 55.2 Å². The van der Waals surface area contributed by atoms with E-state index in [0.717, 1.165) is 32.4 Å². The normalized spacial score (nSPS) is 25.2. The fourth-order valence-electron chi connectivity index (χ4n) is 3.59. The fourth-order valence-corrected chi connectivity index (χ4v) is 4.32. The van der Waals surface area contributed by atoms with Crippen molar-refractivity contribution in [3.63, 3.8) is 0 Å².